The Hall–Kier alpha value is -2.30. The van der Waals surface area contributed by atoms with Gasteiger partial charge in [0.05, 0.1) is 0 Å². The highest BCUT2D eigenvalue weighted by Gasteiger charge is 1.96. The molecule has 0 saturated carbocycles. The fraction of sp³-hybridized carbons (Fsp3) is 0.500. The highest BCUT2D eigenvalue weighted by atomic mass is 16.4. The molecule has 1 rings (SSSR count). The summed E-state index contributed by atoms with van der Waals surface area (Å²) >= 11 is 0. The van der Waals surface area contributed by atoms with Gasteiger partial charge in [0.1, 0.15) is 5.75 Å². The van der Waals surface area contributed by atoms with E-state index in [0.717, 1.165) is 24.5 Å². The Labute approximate surface area is 150 Å². The van der Waals surface area contributed by atoms with E-state index >= 15 is 0 Å². The first-order chi connectivity index (χ1) is 12.0. The molecule has 5 nitrogen and oxygen atoms in total. The summed E-state index contributed by atoms with van der Waals surface area (Å²) in [7, 11) is 0. The fourth-order valence-electron chi connectivity index (χ4n) is 2.16. The Morgan fingerprint density at radius 1 is 0.880 bits per heavy atom. The van der Waals surface area contributed by atoms with Crippen molar-refractivity contribution < 1.29 is 24.9 Å². The van der Waals surface area contributed by atoms with E-state index in [2.05, 4.69) is 6.92 Å². The second-order valence-electron chi connectivity index (χ2n) is 5.88. The molecule has 0 aromatic heterocycles. The largest absolute Gasteiger partial charge is 0.508 e. The molecule has 5 heteroatoms. The number of aliphatic carboxylic acids is 2. The first kappa shape index (κ1) is 22.7. The van der Waals surface area contributed by atoms with Crippen molar-refractivity contribution in [1.82, 2.24) is 0 Å². The average Bonchev–Trinajstić information content (AvgIpc) is 2.57. The van der Waals surface area contributed by atoms with Crippen LogP contribution < -0.4 is 0 Å². The Balaban J connectivity index is 0.000000462. The zero-order valence-corrected chi connectivity index (χ0v) is 15.0. The first-order valence-corrected chi connectivity index (χ1v) is 8.87. The molecule has 0 aliphatic heterocycles. The van der Waals surface area contributed by atoms with Gasteiger partial charge in [-0.05, 0) is 30.2 Å². The summed E-state index contributed by atoms with van der Waals surface area (Å²) in [5.74, 6) is -1.48. The lowest BCUT2D eigenvalue weighted by molar-refractivity contribution is -0.137. The normalized spacial score (nSPS) is 10.3. The number of phenols is 1. The second-order valence-corrected chi connectivity index (χ2v) is 5.88. The Bertz CT molecular complexity index is 505. The van der Waals surface area contributed by atoms with Crippen molar-refractivity contribution in [2.24, 2.45) is 0 Å². The minimum atomic E-state index is -0.983. The highest BCUT2D eigenvalue weighted by molar-refractivity contribution is 5.85. The highest BCUT2D eigenvalue weighted by Crippen LogP contribution is 2.10. The van der Waals surface area contributed by atoms with Crippen LogP contribution in [0.25, 0.3) is 6.08 Å². The van der Waals surface area contributed by atoms with Crippen molar-refractivity contribution >= 4 is 18.0 Å². The lowest BCUT2D eigenvalue weighted by Crippen LogP contribution is -1.93. The number of rotatable bonds is 11. The number of phenolic OH excluding ortho intramolecular Hbond substituents is 1. The van der Waals surface area contributed by atoms with Gasteiger partial charge < -0.3 is 15.3 Å². The number of hydrogen-bond acceptors (Lipinski definition) is 3. The van der Waals surface area contributed by atoms with E-state index in [1.807, 2.05) is 0 Å². The molecule has 0 spiro atoms. The van der Waals surface area contributed by atoms with Gasteiger partial charge in [0.15, 0.2) is 0 Å². The topological polar surface area (TPSA) is 94.8 Å². The predicted molar refractivity (Wildman–Crippen MR) is 99.6 cm³/mol. The number of aromatic hydroxyl groups is 1. The van der Waals surface area contributed by atoms with Crippen molar-refractivity contribution in [1.29, 1.82) is 0 Å². The molecular formula is C20H30O5. The van der Waals surface area contributed by atoms with Crippen LogP contribution >= 0.6 is 0 Å². The van der Waals surface area contributed by atoms with Crippen LogP contribution in [0.2, 0.25) is 0 Å². The average molecular weight is 350 g/mol. The molecule has 0 fully saturated rings. The lowest BCUT2D eigenvalue weighted by Gasteiger charge is -1.99. The number of carbonyl (C=O) groups is 2. The number of carboxylic acids is 2. The molecule has 0 saturated heterocycles. The molecule has 0 aliphatic carbocycles. The first-order valence-electron chi connectivity index (χ1n) is 8.87. The van der Waals surface area contributed by atoms with Gasteiger partial charge >= 0.3 is 11.9 Å². The molecule has 1 aromatic carbocycles. The van der Waals surface area contributed by atoms with Crippen LogP contribution in [0, 0.1) is 0 Å². The number of benzene rings is 1. The third-order valence-electron chi connectivity index (χ3n) is 3.56. The lowest BCUT2D eigenvalue weighted by atomic mass is 10.1. The van der Waals surface area contributed by atoms with Crippen molar-refractivity contribution in [3.8, 4) is 5.75 Å². The van der Waals surface area contributed by atoms with Crippen LogP contribution in [0.1, 0.15) is 70.3 Å². The maximum absolute atomic E-state index is 10.2. The molecular weight excluding hydrogens is 320 g/mol. The number of hydrogen-bond donors (Lipinski definition) is 3. The van der Waals surface area contributed by atoms with Crippen LogP contribution in [0.3, 0.4) is 0 Å². The molecule has 0 amide bonds. The SMILES string of the molecule is CCCCCCCCCCC(=O)O.O=C(O)C=Cc1ccc(O)cc1. The van der Waals surface area contributed by atoms with Crippen molar-refractivity contribution in [3.63, 3.8) is 0 Å². The molecule has 3 N–H and O–H groups in total. The van der Waals surface area contributed by atoms with Gasteiger partial charge in [-0.3, -0.25) is 4.79 Å². The summed E-state index contributed by atoms with van der Waals surface area (Å²) < 4.78 is 0. The Kier molecular flexibility index (Phi) is 13.8. The van der Waals surface area contributed by atoms with Gasteiger partial charge in [-0.1, -0.05) is 64.0 Å². The van der Waals surface area contributed by atoms with Crippen LogP contribution in [0.4, 0.5) is 0 Å². The zero-order valence-electron chi connectivity index (χ0n) is 15.0. The minimum absolute atomic E-state index is 0.169. The molecule has 1 aromatic rings. The molecule has 0 aliphatic rings. The smallest absolute Gasteiger partial charge is 0.328 e. The van der Waals surface area contributed by atoms with Gasteiger partial charge in [-0.25, -0.2) is 4.79 Å². The van der Waals surface area contributed by atoms with Gasteiger partial charge in [-0.2, -0.15) is 0 Å². The third-order valence-corrected chi connectivity index (χ3v) is 3.56. The molecule has 0 radical (unpaired) electrons. The summed E-state index contributed by atoms with van der Waals surface area (Å²) in [4.78, 5) is 20.3. The number of unbranched alkanes of at least 4 members (excludes halogenated alkanes) is 7. The van der Waals surface area contributed by atoms with E-state index in [0.29, 0.717) is 6.42 Å². The van der Waals surface area contributed by atoms with Crippen molar-refractivity contribution in [3.05, 3.63) is 35.9 Å². The summed E-state index contributed by atoms with van der Waals surface area (Å²) in [5, 5.41) is 25.6. The van der Waals surface area contributed by atoms with Crippen LogP contribution in [-0.2, 0) is 9.59 Å². The van der Waals surface area contributed by atoms with E-state index in [9.17, 15) is 9.59 Å². The quantitative estimate of drug-likeness (QED) is 0.381. The zero-order chi connectivity index (χ0) is 18.9. The van der Waals surface area contributed by atoms with Crippen LogP contribution in [0.15, 0.2) is 30.3 Å². The van der Waals surface area contributed by atoms with E-state index in [-0.39, 0.29) is 5.75 Å². The van der Waals surface area contributed by atoms with Gasteiger partial charge in [0, 0.05) is 12.5 Å². The van der Waals surface area contributed by atoms with Crippen molar-refractivity contribution in [2.75, 3.05) is 0 Å². The molecule has 25 heavy (non-hydrogen) atoms. The monoisotopic (exact) mass is 350 g/mol. The van der Waals surface area contributed by atoms with E-state index in [1.165, 1.54) is 56.7 Å². The fourth-order valence-corrected chi connectivity index (χ4v) is 2.16. The molecule has 0 bridgehead atoms. The van der Waals surface area contributed by atoms with Gasteiger partial charge in [0.2, 0.25) is 0 Å². The van der Waals surface area contributed by atoms with Gasteiger partial charge in [-0.15, -0.1) is 0 Å². The summed E-state index contributed by atoms with van der Waals surface area (Å²) in [6, 6.07) is 6.27. The van der Waals surface area contributed by atoms with Gasteiger partial charge in [0.25, 0.3) is 0 Å². The molecule has 0 unspecified atom stereocenters. The van der Waals surface area contributed by atoms with E-state index < -0.39 is 11.9 Å². The Morgan fingerprint density at radius 2 is 1.40 bits per heavy atom. The standard InChI is InChI=1S/C11H22O2.C9H8O3/c1-2-3-4-5-6-7-8-9-10-11(12)13;10-8-4-1-7(2-5-8)3-6-9(11)12/h2-10H2,1H3,(H,12,13);1-6,10H,(H,11,12). The Morgan fingerprint density at radius 3 is 1.88 bits per heavy atom. The molecule has 0 atom stereocenters. The summed E-state index contributed by atoms with van der Waals surface area (Å²) in [5.41, 5.74) is 0.746. The van der Waals surface area contributed by atoms with Crippen molar-refractivity contribution in [2.45, 2.75) is 64.7 Å². The number of carboxylic acid groups (broad SMARTS) is 2. The minimum Gasteiger partial charge on any atom is -0.508 e. The third kappa shape index (κ3) is 16.3. The summed E-state index contributed by atoms with van der Waals surface area (Å²) in [6.07, 6.45) is 12.6. The maximum Gasteiger partial charge on any atom is 0.328 e. The van der Waals surface area contributed by atoms with E-state index in [4.69, 9.17) is 15.3 Å². The van der Waals surface area contributed by atoms with Crippen LogP contribution in [-0.4, -0.2) is 27.3 Å². The molecule has 140 valence electrons. The second kappa shape index (κ2) is 15.2. The molecule has 0 heterocycles. The maximum atomic E-state index is 10.2. The van der Waals surface area contributed by atoms with E-state index in [1.54, 1.807) is 12.1 Å². The summed E-state index contributed by atoms with van der Waals surface area (Å²) in [6.45, 7) is 2.22. The van der Waals surface area contributed by atoms with Crippen LogP contribution in [0.5, 0.6) is 5.75 Å². The predicted octanol–water partition coefficient (Wildman–Crippen LogP) is 5.09.